The van der Waals surface area contributed by atoms with Gasteiger partial charge in [0.15, 0.2) is 0 Å². The van der Waals surface area contributed by atoms with Crippen molar-refractivity contribution < 1.29 is 5.11 Å². The third-order valence-electron chi connectivity index (χ3n) is 4.10. The van der Waals surface area contributed by atoms with Crippen molar-refractivity contribution >= 4 is 33.4 Å². The largest absolute Gasteiger partial charge is 0.394 e. The fourth-order valence-corrected chi connectivity index (χ4v) is 3.44. The molecule has 27 heavy (non-hydrogen) atoms. The molecule has 6 nitrogen and oxygen atoms in total. The number of aliphatic hydroxyl groups is 1. The summed E-state index contributed by atoms with van der Waals surface area (Å²) in [6, 6.07) is 9.69. The van der Waals surface area contributed by atoms with E-state index in [2.05, 4.69) is 67.5 Å². The van der Waals surface area contributed by atoms with Crippen molar-refractivity contribution in [3.8, 4) is 11.3 Å². The maximum absolute atomic E-state index is 9.34. The number of nitrogens with one attached hydrogen (secondary N) is 2. The Bertz CT molecular complexity index is 910. The van der Waals surface area contributed by atoms with Gasteiger partial charge in [-0.3, -0.25) is 4.98 Å². The average molecular weight is 428 g/mol. The maximum Gasteiger partial charge on any atom is 0.225 e. The smallest absolute Gasteiger partial charge is 0.225 e. The Hall–Kier alpha value is -2.51. The monoisotopic (exact) mass is 427 g/mol. The molecule has 1 atom stereocenters. The number of aromatic nitrogens is 3. The number of benzene rings is 1. The van der Waals surface area contributed by atoms with Crippen LogP contribution in [0.5, 0.6) is 0 Å². The number of aliphatic hydroxyl groups excluding tert-OH is 1. The molecule has 0 aliphatic carbocycles. The molecule has 2 heterocycles. The van der Waals surface area contributed by atoms with E-state index in [9.17, 15) is 5.11 Å². The first-order chi connectivity index (χ1) is 13.0. The molecule has 3 rings (SSSR count). The lowest BCUT2D eigenvalue weighted by Crippen LogP contribution is -2.21. The number of hydrogen-bond acceptors (Lipinski definition) is 6. The summed E-state index contributed by atoms with van der Waals surface area (Å²) in [6.45, 7) is 5.98. The summed E-state index contributed by atoms with van der Waals surface area (Å²) >= 11 is 3.53. The zero-order chi connectivity index (χ0) is 19.4. The lowest BCUT2D eigenvalue weighted by atomic mass is 10.1. The molecule has 1 aromatic carbocycles. The Morgan fingerprint density at radius 2 is 1.74 bits per heavy atom. The predicted octanol–water partition coefficient (Wildman–Crippen LogP) is 4.45. The van der Waals surface area contributed by atoms with Crippen molar-refractivity contribution in [3.63, 3.8) is 0 Å². The number of pyridine rings is 1. The third kappa shape index (κ3) is 4.81. The van der Waals surface area contributed by atoms with E-state index < -0.39 is 0 Å². The minimum absolute atomic E-state index is 0.00344. The Morgan fingerprint density at radius 1 is 1.07 bits per heavy atom. The second-order valence-electron chi connectivity index (χ2n) is 6.47. The number of halogens is 1. The molecule has 0 unspecified atom stereocenters. The third-order valence-corrected chi connectivity index (χ3v) is 4.56. The van der Waals surface area contributed by atoms with Gasteiger partial charge in [-0.15, -0.1) is 0 Å². The topological polar surface area (TPSA) is 83.0 Å². The van der Waals surface area contributed by atoms with Crippen LogP contribution in [0.25, 0.3) is 11.3 Å². The van der Waals surface area contributed by atoms with Gasteiger partial charge in [0.05, 0.1) is 12.3 Å². The first-order valence-corrected chi connectivity index (χ1v) is 9.46. The van der Waals surface area contributed by atoms with Crippen LogP contribution < -0.4 is 10.6 Å². The van der Waals surface area contributed by atoms with Gasteiger partial charge in [-0.2, -0.15) is 4.98 Å². The van der Waals surface area contributed by atoms with Crippen LogP contribution in [-0.4, -0.2) is 32.7 Å². The van der Waals surface area contributed by atoms with Gasteiger partial charge < -0.3 is 15.7 Å². The fraction of sp³-hybridized carbons (Fsp3) is 0.250. The van der Waals surface area contributed by atoms with Gasteiger partial charge >= 0.3 is 0 Å². The van der Waals surface area contributed by atoms with Crippen LogP contribution in [0, 0.1) is 13.8 Å². The minimum Gasteiger partial charge on any atom is -0.394 e. The molecule has 0 aliphatic heterocycles. The lowest BCUT2D eigenvalue weighted by molar-refractivity contribution is 0.281. The van der Waals surface area contributed by atoms with Crippen molar-refractivity contribution in [2.45, 2.75) is 26.8 Å². The van der Waals surface area contributed by atoms with Crippen LogP contribution in [0.1, 0.15) is 18.1 Å². The molecule has 0 saturated heterocycles. The van der Waals surface area contributed by atoms with Gasteiger partial charge in [0, 0.05) is 40.2 Å². The van der Waals surface area contributed by atoms with E-state index in [0.717, 1.165) is 32.5 Å². The van der Waals surface area contributed by atoms with Crippen LogP contribution in [0.4, 0.5) is 17.5 Å². The molecule has 0 fully saturated rings. The van der Waals surface area contributed by atoms with Crippen molar-refractivity contribution in [2.24, 2.45) is 0 Å². The van der Waals surface area contributed by atoms with E-state index >= 15 is 0 Å². The highest BCUT2D eigenvalue weighted by molar-refractivity contribution is 9.10. The summed E-state index contributed by atoms with van der Waals surface area (Å²) in [7, 11) is 0. The van der Waals surface area contributed by atoms with E-state index in [4.69, 9.17) is 0 Å². The first-order valence-electron chi connectivity index (χ1n) is 8.67. The molecule has 3 aromatic rings. The molecule has 140 valence electrons. The lowest BCUT2D eigenvalue weighted by Gasteiger charge is -2.16. The number of anilines is 3. The summed E-state index contributed by atoms with van der Waals surface area (Å²) in [6.07, 6.45) is 3.47. The Balaban J connectivity index is 2.02. The van der Waals surface area contributed by atoms with Crippen LogP contribution in [-0.2, 0) is 0 Å². The second-order valence-corrected chi connectivity index (χ2v) is 7.38. The van der Waals surface area contributed by atoms with Crippen molar-refractivity contribution in [3.05, 3.63) is 58.3 Å². The highest BCUT2D eigenvalue weighted by Crippen LogP contribution is 2.29. The van der Waals surface area contributed by atoms with E-state index in [1.54, 1.807) is 12.4 Å². The molecule has 7 heteroatoms. The molecule has 3 N–H and O–H groups in total. The molecule has 0 bridgehead atoms. The van der Waals surface area contributed by atoms with Crippen molar-refractivity contribution in [1.29, 1.82) is 0 Å². The predicted molar refractivity (Wildman–Crippen MR) is 112 cm³/mol. The van der Waals surface area contributed by atoms with Crippen LogP contribution in [0.3, 0.4) is 0 Å². The maximum atomic E-state index is 9.34. The van der Waals surface area contributed by atoms with E-state index in [0.29, 0.717) is 11.8 Å². The van der Waals surface area contributed by atoms with Gasteiger partial charge in [0.1, 0.15) is 5.82 Å². The molecular weight excluding hydrogens is 406 g/mol. The highest BCUT2D eigenvalue weighted by atomic mass is 79.9. The first kappa shape index (κ1) is 19.3. The van der Waals surface area contributed by atoms with Crippen LogP contribution in [0.2, 0.25) is 0 Å². The Labute approximate surface area is 167 Å². The number of rotatable bonds is 6. The Morgan fingerprint density at radius 3 is 2.37 bits per heavy atom. The molecule has 0 radical (unpaired) electrons. The zero-order valence-corrected chi connectivity index (χ0v) is 17.1. The zero-order valence-electron chi connectivity index (χ0n) is 15.5. The summed E-state index contributed by atoms with van der Waals surface area (Å²) in [4.78, 5) is 13.2. The normalized spacial score (nSPS) is 11.9. The van der Waals surface area contributed by atoms with E-state index in [-0.39, 0.29) is 12.6 Å². The number of nitrogens with zero attached hydrogens (tertiary/aromatic N) is 3. The molecule has 0 aliphatic rings. The van der Waals surface area contributed by atoms with Crippen LogP contribution >= 0.6 is 15.9 Å². The SMILES string of the molecule is Cc1cc(Br)cc(C)c1Nc1cc(-c2ccncc2)nc(N[C@H](C)CO)n1. The van der Waals surface area contributed by atoms with Gasteiger partial charge in [-0.25, -0.2) is 4.98 Å². The number of hydrogen-bond donors (Lipinski definition) is 3. The van der Waals surface area contributed by atoms with E-state index in [1.807, 2.05) is 25.1 Å². The van der Waals surface area contributed by atoms with Crippen molar-refractivity contribution in [1.82, 2.24) is 15.0 Å². The minimum atomic E-state index is -0.151. The summed E-state index contributed by atoms with van der Waals surface area (Å²) in [5.74, 6) is 1.14. The van der Waals surface area contributed by atoms with Gasteiger partial charge in [-0.05, 0) is 56.2 Å². The molecular formula is C20H22BrN5O. The average Bonchev–Trinajstić information content (AvgIpc) is 2.65. The van der Waals surface area contributed by atoms with Crippen LogP contribution in [0.15, 0.2) is 47.2 Å². The van der Waals surface area contributed by atoms with E-state index in [1.165, 1.54) is 0 Å². The van der Waals surface area contributed by atoms with Crippen molar-refractivity contribution in [2.75, 3.05) is 17.2 Å². The second kappa shape index (κ2) is 8.45. The summed E-state index contributed by atoms with van der Waals surface area (Å²) in [5.41, 5.74) is 4.96. The standard InChI is InChI=1S/C20H22BrN5O/c1-12-8-16(21)9-13(2)19(12)25-18-10-17(15-4-6-22-7-5-15)24-20(26-18)23-14(3)11-27/h4-10,14,27H,11H2,1-3H3,(H2,23,24,25,26)/t14-/m1/s1. The summed E-state index contributed by atoms with van der Waals surface area (Å²) < 4.78 is 1.04. The quantitative estimate of drug-likeness (QED) is 0.538. The number of aryl methyl sites for hydroxylation is 2. The molecule has 2 aromatic heterocycles. The highest BCUT2D eigenvalue weighted by Gasteiger charge is 2.11. The molecule has 0 spiro atoms. The molecule has 0 saturated carbocycles. The fourth-order valence-electron chi connectivity index (χ4n) is 2.75. The molecule has 0 amide bonds. The van der Waals surface area contributed by atoms with Gasteiger partial charge in [0.2, 0.25) is 5.95 Å². The Kier molecular flexibility index (Phi) is 6.03. The van der Waals surface area contributed by atoms with Gasteiger partial charge in [-0.1, -0.05) is 15.9 Å². The van der Waals surface area contributed by atoms with Gasteiger partial charge in [0.25, 0.3) is 0 Å². The summed E-state index contributed by atoms with van der Waals surface area (Å²) in [5, 5.41) is 15.9.